The van der Waals surface area contributed by atoms with Gasteiger partial charge in [-0.2, -0.15) is 0 Å². The molecule has 1 aromatic heterocycles. The van der Waals surface area contributed by atoms with Gasteiger partial charge in [0.25, 0.3) is 0 Å². The number of hydrogen-bond donors (Lipinski definition) is 0. The molecule has 1 aromatic rings. The van der Waals surface area contributed by atoms with Crippen LogP contribution in [0, 0.1) is 0 Å². The van der Waals surface area contributed by atoms with Crippen LogP contribution in [0.5, 0.6) is 5.88 Å². The molecule has 0 saturated carbocycles. The molecule has 1 rings (SSSR count). The molecule has 1 heterocycles. The minimum atomic E-state index is 0.412. The lowest BCUT2D eigenvalue weighted by Crippen LogP contribution is -2.03. The summed E-state index contributed by atoms with van der Waals surface area (Å²) in [5.74, 6) is 1.04. The maximum absolute atomic E-state index is 5.64. The molecule has 0 aliphatic rings. The predicted octanol–water partition coefficient (Wildman–Crippen LogP) is 2.24. The molecule has 0 aliphatic carbocycles. The lowest BCUT2D eigenvalue weighted by Gasteiger charge is -2.05. The fraction of sp³-hybridized carbons (Fsp3) is 0.500. The van der Waals surface area contributed by atoms with Gasteiger partial charge in [0.05, 0.1) is 18.2 Å². The van der Waals surface area contributed by atoms with Gasteiger partial charge in [0.1, 0.15) is 0 Å². The SMILES string of the molecule is COCCCOc1cccc(CCl)n1. The summed E-state index contributed by atoms with van der Waals surface area (Å²) in [6.45, 7) is 1.32. The monoisotopic (exact) mass is 215 g/mol. The Hall–Kier alpha value is -0.800. The first kappa shape index (κ1) is 11.3. The number of aromatic nitrogens is 1. The molecule has 78 valence electrons. The van der Waals surface area contributed by atoms with Crippen LogP contribution in [-0.2, 0) is 10.6 Å². The second-order valence-corrected chi connectivity index (χ2v) is 3.06. The Kier molecular flexibility index (Phi) is 5.33. The maximum Gasteiger partial charge on any atom is 0.213 e. The quantitative estimate of drug-likeness (QED) is 0.539. The smallest absolute Gasteiger partial charge is 0.213 e. The Morgan fingerprint density at radius 2 is 2.21 bits per heavy atom. The molecule has 4 heteroatoms. The largest absolute Gasteiger partial charge is 0.478 e. The van der Waals surface area contributed by atoms with Crippen molar-refractivity contribution in [1.29, 1.82) is 0 Å². The molecule has 14 heavy (non-hydrogen) atoms. The molecule has 0 bridgehead atoms. The Labute approximate surface area is 89.0 Å². The number of nitrogens with zero attached hydrogens (tertiary/aromatic N) is 1. The fourth-order valence-corrected chi connectivity index (χ4v) is 1.14. The van der Waals surface area contributed by atoms with Gasteiger partial charge in [-0.25, -0.2) is 4.98 Å². The molecule has 0 unspecified atom stereocenters. The molecule has 0 aromatic carbocycles. The van der Waals surface area contributed by atoms with Gasteiger partial charge in [-0.05, 0) is 6.07 Å². The van der Waals surface area contributed by atoms with Crippen LogP contribution in [0.4, 0.5) is 0 Å². The van der Waals surface area contributed by atoms with E-state index in [4.69, 9.17) is 21.1 Å². The van der Waals surface area contributed by atoms with Crippen LogP contribution in [0.25, 0.3) is 0 Å². The van der Waals surface area contributed by atoms with E-state index < -0.39 is 0 Å². The Morgan fingerprint density at radius 1 is 1.36 bits per heavy atom. The van der Waals surface area contributed by atoms with Crippen molar-refractivity contribution in [2.45, 2.75) is 12.3 Å². The van der Waals surface area contributed by atoms with Crippen LogP contribution in [0.15, 0.2) is 18.2 Å². The van der Waals surface area contributed by atoms with Crippen LogP contribution in [-0.4, -0.2) is 25.3 Å². The second-order valence-electron chi connectivity index (χ2n) is 2.80. The summed E-state index contributed by atoms with van der Waals surface area (Å²) >= 11 is 5.64. The van der Waals surface area contributed by atoms with Crippen molar-refractivity contribution < 1.29 is 9.47 Å². The Balaban J connectivity index is 2.34. The van der Waals surface area contributed by atoms with Gasteiger partial charge in [0.15, 0.2) is 0 Å². The zero-order chi connectivity index (χ0) is 10.2. The summed E-state index contributed by atoms with van der Waals surface area (Å²) in [6.07, 6.45) is 0.864. The second kappa shape index (κ2) is 6.62. The van der Waals surface area contributed by atoms with Crippen molar-refractivity contribution >= 4 is 11.6 Å². The standard InChI is InChI=1S/C10H14ClNO2/c1-13-6-3-7-14-10-5-2-4-9(8-11)12-10/h2,4-5H,3,6-8H2,1H3. The first-order valence-corrected chi connectivity index (χ1v) is 5.04. The molecule has 0 fully saturated rings. The molecule has 0 amide bonds. The van der Waals surface area contributed by atoms with E-state index in [0.717, 1.165) is 12.1 Å². The van der Waals surface area contributed by atoms with Gasteiger partial charge in [0, 0.05) is 26.2 Å². The zero-order valence-electron chi connectivity index (χ0n) is 8.20. The highest BCUT2D eigenvalue weighted by molar-refractivity contribution is 6.16. The highest BCUT2D eigenvalue weighted by Gasteiger charge is 1.97. The lowest BCUT2D eigenvalue weighted by atomic mass is 10.4. The topological polar surface area (TPSA) is 31.4 Å². The summed E-state index contributed by atoms with van der Waals surface area (Å²) < 4.78 is 10.3. The Morgan fingerprint density at radius 3 is 2.93 bits per heavy atom. The van der Waals surface area contributed by atoms with E-state index in [1.807, 2.05) is 18.2 Å². The summed E-state index contributed by atoms with van der Waals surface area (Å²) in [5.41, 5.74) is 0.830. The first-order valence-electron chi connectivity index (χ1n) is 4.50. The molecule has 0 saturated heterocycles. The van der Waals surface area contributed by atoms with Crippen LogP contribution in [0.2, 0.25) is 0 Å². The van der Waals surface area contributed by atoms with Crippen LogP contribution >= 0.6 is 11.6 Å². The number of hydrogen-bond acceptors (Lipinski definition) is 3. The van der Waals surface area contributed by atoms with Crippen LogP contribution in [0.1, 0.15) is 12.1 Å². The number of methoxy groups -OCH3 is 1. The number of ether oxygens (including phenoxy) is 2. The van der Waals surface area contributed by atoms with Crippen molar-refractivity contribution in [3.8, 4) is 5.88 Å². The molecular formula is C10H14ClNO2. The molecule has 0 atom stereocenters. The van der Waals surface area contributed by atoms with E-state index >= 15 is 0 Å². The minimum Gasteiger partial charge on any atom is -0.478 e. The normalized spacial score (nSPS) is 10.1. The minimum absolute atomic E-state index is 0.412. The van der Waals surface area contributed by atoms with Crippen molar-refractivity contribution in [1.82, 2.24) is 4.98 Å². The number of alkyl halides is 1. The summed E-state index contributed by atoms with van der Waals surface area (Å²) in [5, 5.41) is 0. The zero-order valence-corrected chi connectivity index (χ0v) is 8.96. The lowest BCUT2D eigenvalue weighted by molar-refractivity contribution is 0.170. The molecule has 0 spiro atoms. The van der Waals surface area contributed by atoms with Gasteiger partial charge < -0.3 is 9.47 Å². The highest BCUT2D eigenvalue weighted by atomic mass is 35.5. The van der Waals surface area contributed by atoms with Gasteiger partial charge in [-0.15, -0.1) is 11.6 Å². The van der Waals surface area contributed by atoms with E-state index in [0.29, 0.717) is 25.0 Å². The van der Waals surface area contributed by atoms with Crippen molar-refractivity contribution in [2.24, 2.45) is 0 Å². The fourth-order valence-electron chi connectivity index (χ4n) is 0.992. The molecule has 0 N–H and O–H groups in total. The molecule has 0 radical (unpaired) electrons. The Bertz CT molecular complexity index is 268. The van der Waals surface area contributed by atoms with E-state index in [1.54, 1.807) is 7.11 Å². The summed E-state index contributed by atoms with van der Waals surface area (Å²) in [7, 11) is 1.67. The van der Waals surface area contributed by atoms with Crippen molar-refractivity contribution in [3.05, 3.63) is 23.9 Å². The van der Waals surface area contributed by atoms with Gasteiger partial charge in [-0.1, -0.05) is 6.07 Å². The number of halogens is 1. The predicted molar refractivity (Wildman–Crippen MR) is 55.8 cm³/mol. The van der Waals surface area contributed by atoms with Gasteiger partial charge >= 0.3 is 0 Å². The van der Waals surface area contributed by atoms with E-state index in [2.05, 4.69) is 4.98 Å². The third kappa shape index (κ3) is 3.94. The number of pyridine rings is 1. The van der Waals surface area contributed by atoms with E-state index in [9.17, 15) is 0 Å². The van der Waals surface area contributed by atoms with Crippen molar-refractivity contribution in [2.75, 3.05) is 20.3 Å². The first-order chi connectivity index (χ1) is 6.86. The third-order valence-corrected chi connectivity index (χ3v) is 1.93. The van der Waals surface area contributed by atoms with E-state index in [-0.39, 0.29) is 0 Å². The highest BCUT2D eigenvalue weighted by Crippen LogP contribution is 2.09. The molecule has 0 aliphatic heterocycles. The number of rotatable bonds is 6. The van der Waals surface area contributed by atoms with E-state index in [1.165, 1.54) is 0 Å². The average molecular weight is 216 g/mol. The molecule has 3 nitrogen and oxygen atoms in total. The third-order valence-electron chi connectivity index (χ3n) is 1.66. The van der Waals surface area contributed by atoms with Crippen LogP contribution < -0.4 is 4.74 Å². The molecular weight excluding hydrogens is 202 g/mol. The van der Waals surface area contributed by atoms with Gasteiger partial charge in [0.2, 0.25) is 5.88 Å². The van der Waals surface area contributed by atoms with Crippen molar-refractivity contribution in [3.63, 3.8) is 0 Å². The maximum atomic E-state index is 5.64. The van der Waals surface area contributed by atoms with Crippen LogP contribution in [0.3, 0.4) is 0 Å². The summed E-state index contributed by atoms with van der Waals surface area (Å²) in [4.78, 5) is 4.19. The van der Waals surface area contributed by atoms with Gasteiger partial charge in [-0.3, -0.25) is 0 Å². The average Bonchev–Trinajstić information content (AvgIpc) is 2.25. The summed E-state index contributed by atoms with van der Waals surface area (Å²) in [6, 6.07) is 5.58.